The Kier molecular flexibility index (Phi) is 4.07. The lowest BCUT2D eigenvalue weighted by Crippen LogP contribution is -2.54. The summed E-state index contributed by atoms with van der Waals surface area (Å²) in [5, 5.41) is 5.55. The highest BCUT2D eigenvalue weighted by Gasteiger charge is 2.55. The first-order valence-corrected chi connectivity index (χ1v) is 8.02. The third kappa shape index (κ3) is 2.81. The molecule has 1 aromatic rings. The maximum Gasteiger partial charge on any atom is 0.325 e. The van der Waals surface area contributed by atoms with E-state index in [-0.39, 0.29) is 24.3 Å². The van der Waals surface area contributed by atoms with Crippen LogP contribution in [0, 0.1) is 5.92 Å². The summed E-state index contributed by atoms with van der Waals surface area (Å²) in [6, 6.07) is 8.51. The van der Waals surface area contributed by atoms with Crippen LogP contribution < -0.4 is 10.6 Å². The highest BCUT2D eigenvalue weighted by molar-refractivity contribution is 6.10. The van der Waals surface area contributed by atoms with Gasteiger partial charge in [0.2, 0.25) is 5.91 Å². The lowest BCUT2D eigenvalue weighted by molar-refractivity contribution is -0.136. The molecule has 2 aliphatic rings. The Morgan fingerprint density at radius 1 is 1.30 bits per heavy atom. The summed E-state index contributed by atoms with van der Waals surface area (Å²) in [6.07, 6.45) is 3.55. The number of anilines is 1. The zero-order valence-corrected chi connectivity index (χ0v) is 13.2. The molecule has 1 heterocycles. The van der Waals surface area contributed by atoms with E-state index in [1.807, 2.05) is 25.1 Å². The van der Waals surface area contributed by atoms with E-state index in [2.05, 4.69) is 10.6 Å². The summed E-state index contributed by atoms with van der Waals surface area (Å²) in [5.41, 5.74) is -0.173. The number of imide groups is 1. The van der Waals surface area contributed by atoms with Gasteiger partial charge in [-0.3, -0.25) is 14.5 Å². The number of nitrogens with one attached hydrogen (secondary N) is 2. The van der Waals surface area contributed by atoms with Gasteiger partial charge in [-0.25, -0.2) is 4.79 Å². The summed E-state index contributed by atoms with van der Waals surface area (Å²) < 4.78 is 0. The fourth-order valence-corrected chi connectivity index (χ4v) is 3.50. The number of para-hydroxylation sites is 1. The molecule has 2 N–H and O–H groups in total. The smallest absolute Gasteiger partial charge is 0.325 e. The van der Waals surface area contributed by atoms with Crippen molar-refractivity contribution in [1.29, 1.82) is 0 Å². The third-order valence-corrected chi connectivity index (χ3v) is 4.86. The molecule has 1 aromatic carbocycles. The number of nitrogens with zero attached hydrogens (tertiary/aromatic N) is 1. The van der Waals surface area contributed by atoms with Crippen LogP contribution in [0.1, 0.15) is 32.6 Å². The molecular weight excluding hydrogens is 294 g/mol. The van der Waals surface area contributed by atoms with Gasteiger partial charge in [0.15, 0.2) is 0 Å². The van der Waals surface area contributed by atoms with Gasteiger partial charge in [0.1, 0.15) is 12.1 Å². The van der Waals surface area contributed by atoms with Gasteiger partial charge in [-0.05, 0) is 30.9 Å². The molecule has 23 heavy (non-hydrogen) atoms. The van der Waals surface area contributed by atoms with E-state index in [1.165, 1.54) is 0 Å². The van der Waals surface area contributed by atoms with E-state index in [9.17, 15) is 14.4 Å². The molecule has 4 amide bonds. The van der Waals surface area contributed by atoms with Gasteiger partial charge in [0.25, 0.3) is 5.91 Å². The lowest BCUT2D eigenvalue weighted by atomic mass is 9.73. The molecule has 2 atom stereocenters. The SMILES string of the molecule is C[C@@H]1CCCC[C@@]12NC(=O)N(CC(=O)Nc1ccccc1)C2=O. The minimum Gasteiger partial charge on any atom is -0.325 e. The highest BCUT2D eigenvalue weighted by atomic mass is 16.2. The molecule has 1 aliphatic heterocycles. The van der Waals surface area contributed by atoms with Crippen LogP contribution in [0.15, 0.2) is 30.3 Å². The zero-order chi connectivity index (χ0) is 16.4. The largest absolute Gasteiger partial charge is 0.325 e. The Morgan fingerprint density at radius 2 is 2.04 bits per heavy atom. The topological polar surface area (TPSA) is 78.5 Å². The zero-order valence-electron chi connectivity index (χ0n) is 13.2. The first-order valence-electron chi connectivity index (χ1n) is 8.02. The minimum atomic E-state index is -0.817. The third-order valence-electron chi connectivity index (χ3n) is 4.86. The molecule has 0 unspecified atom stereocenters. The van der Waals surface area contributed by atoms with Gasteiger partial charge in [-0.1, -0.05) is 38.0 Å². The number of hydrogen-bond donors (Lipinski definition) is 2. The maximum absolute atomic E-state index is 12.8. The van der Waals surface area contributed by atoms with E-state index in [0.29, 0.717) is 12.1 Å². The van der Waals surface area contributed by atoms with Crippen molar-refractivity contribution in [3.8, 4) is 0 Å². The average molecular weight is 315 g/mol. The monoisotopic (exact) mass is 315 g/mol. The van der Waals surface area contributed by atoms with E-state index in [1.54, 1.807) is 12.1 Å². The molecule has 1 spiro atoms. The number of carbonyl (C=O) groups excluding carboxylic acids is 3. The van der Waals surface area contributed by atoms with E-state index in [0.717, 1.165) is 24.2 Å². The van der Waals surface area contributed by atoms with Gasteiger partial charge >= 0.3 is 6.03 Å². The summed E-state index contributed by atoms with van der Waals surface area (Å²) in [4.78, 5) is 38.1. The van der Waals surface area contributed by atoms with Crippen LogP contribution in [-0.4, -0.2) is 34.8 Å². The fraction of sp³-hybridized carbons (Fsp3) is 0.471. The van der Waals surface area contributed by atoms with Crippen LogP contribution in [0.4, 0.5) is 10.5 Å². The normalized spacial score (nSPS) is 27.2. The summed E-state index contributed by atoms with van der Waals surface area (Å²) >= 11 is 0. The highest BCUT2D eigenvalue weighted by Crippen LogP contribution is 2.38. The lowest BCUT2D eigenvalue weighted by Gasteiger charge is -2.36. The predicted octanol–water partition coefficient (Wildman–Crippen LogP) is 2.13. The molecule has 1 saturated heterocycles. The first-order chi connectivity index (χ1) is 11.0. The van der Waals surface area contributed by atoms with E-state index in [4.69, 9.17) is 0 Å². The summed E-state index contributed by atoms with van der Waals surface area (Å²) in [7, 11) is 0. The van der Waals surface area contributed by atoms with Gasteiger partial charge < -0.3 is 10.6 Å². The van der Waals surface area contributed by atoms with E-state index >= 15 is 0 Å². The molecule has 6 nitrogen and oxygen atoms in total. The van der Waals surface area contributed by atoms with Gasteiger partial charge in [0, 0.05) is 5.69 Å². The number of urea groups is 1. The van der Waals surface area contributed by atoms with Crippen molar-refractivity contribution >= 4 is 23.5 Å². The Balaban J connectivity index is 1.69. The average Bonchev–Trinajstić information content (AvgIpc) is 2.76. The molecule has 1 aliphatic carbocycles. The second-order valence-corrected chi connectivity index (χ2v) is 6.35. The molecule has 0 bridgehead atoms. The van der Waals surface area contributed by atoms with Crippen LogP contribution in [0.25, 0.3) is 0 Å². The molecule has 0 aromatic heterocycles. The number of carbonyl (C=O) groups is 3. The Morgan fingerprint density at radius 3 is 2.74 bits per heavy atom. The standard InChI is InChI=1S/C17H21N3O3/c1-12-7-5-6-10-17(12)15(22)20(16(23)19-17)11-14(21)18-13-8-3-2-4-9-13/h2-4,8-9,12H,5-7,10-11H2,1H3,(H,18,21)(H,19,23)/t12-,17-/m1/s1. The number of benzene rings is 1. The first kappa shape index (κ1) is 15.5. The van der Waals surface area contributed by atoms with Gasteiger partial charge in [0.05, 0.1) is 0 Å². The van der Waals surface area contributed by atoms with Crippen molar-refractivity contribution in [1.82, 2.24) is 10.2 Å². The predicted molar refractivity (Wildman–Crippen MR) is 85.7 cm³/mol. The Labute approximate surface area is 135 Å². The quantitative estimate of drug-likeness (QED) is 0.839. The molecule has 1 saturated carbocycles. The van der Waals surface area contributed by atoms with Crippen molar-refractivity contribution in [3.05, 3.63) is 30.3 Å². The summed E-state index contributed by atoms with van der Waals surface area (Å²) in [5.74, 6) is -0.548. The van der Waals surface area contributed by atoms with Crippen molar-refractivity contribution < 1.29 is 14.4 Å². The van der Waals surface area contributed by atoms with Gasteiger partial charge in [-0.2, -0.15) is 0 Å². The Bertz CT molecular complexity index is 631. The molecule has 6 heteroatoms. The number of hydrogen-bond acceptors (Lipinski definition) is 3. The van der Waals surface area contributed by atoms with Crippen molar-refractivity contribution in [2.45, 2.75) is 38.1 Å². The maximum atomic E-state index is 12.8. The van der Waals surface area contributed by atoms with Crippen LogP contribution in [0.3, 0.4) is 0 Å². The van der Waals surface area contributed by atoms with Crippen molar-refractivity contribution in [2.24, 2.45) is 5.92 Å². The van der Waals surface area contributed by atoms with Gasteiger partial charge in [-0.15, -0.1) is 0 Å². The number of amides is 4. The van der Waals surface area contributed by atoms with Crippen LogP contribution in [-0.2, 0) is 9.59 Å². The second kappa shape index (κ2) is 6.02. The summed E-state index contributed by atoms with van der Waals surface area (Å²) in [6.45, 7) is 1.74. The molecule has 3 rings (SSSR count). The van der Waals surface area contributed by atoms with E-state index < -0.39 is 11.6 Å². The van der Waals surface area contributed by atoms with Crippen molar-refractivity contribution in [3.63, 3.8) is 0 Å². The number of rotatable bonds is 3. The fourth-order valence-electron chi connectivity index (χ4n) is 3.50. The molecule has 2 fully saturated rings. The molecule has 122 valence electrons. The minimum absolute atomic E-state index is 0.0925. The van der Waals surface area contributed by atoms with Crippen LogP contribution in [0.5, 0.6) is 0 Å². The Hall–Kier alpha value is -2.37. The molecular formula is C17H21N3O3. The van der Waals surface area contributed by atoms with Crippen LogP contribution in [0.2, 0.25) is 0 Å². The molecule has 0 radical (unpaired) electrons. The second-order valence-electron chi connectivity index (χ2n) is 6.35. The van der Waals surface area contributed by atoms with Crippen LogP contribution >= 0.6 is 0 Å². The van der Waals surface area contributed by atoms with Crippen molar-refractivity contribution in [2.75, 3.05) is 11.9 Å².